The Morgan fingerprint density at radius 2 is 0.632 bits per heavy atom. The van der Waals surface area contributed by atoms with Crippen LogP contribution in [0.1, 0.15) is 45.0 Å². The SMILES string of the molecule is c1c[nH]c(CNCc2cc(CNCc3ccc[nH]3)c(CNCc3ccc[nH]3)cc2CNCc2ccc[nH]2)c1. The van der Waals surface area contributed by atoms with Gasteiger partial charge in [-0.1, -0.05) is 12.1 Å². The van der Waals surface area contributed by atoms with Crippen molar-refractivity contribution >= 4 is 0 Å². The average molecular weight is 511 g/mol. The number of benzene rings is 1. The summed E-state index contributed by atoms with van der Waals surface area (Å²) < 4.78 is 0. The van der Waals surface area contributed by atoms with Gasteiger partial charge in [0.1, 0.15) is 0 Å². The molecule has 0 aliphatic carbocycles. The average Bonchev–Trinajstić information content (AvgIpc) is 3.75. The van der Waals surface area contributed by atoms with Crippen LogP contribution in [0.5, 0.6) is 0 Å². The van der Waals surface area contributed by atoms with Crippen LogP contribution in [0.4, 0.5) is 0 Å². The Morgan fingerprint density at radius 3 is 0.842 bits per heavy atom. The van der Waals surface area contributed by atoms with Gasteiger partial charge in [0.2, 0.25) is 0 Å². The molecule has 8 heteroatoms. The lowest BCUT2D eigenvalue weighted by molar-refractivity contribution is 0.633. The van der Waals surface area contributed by atoms with Crippen molar-refractivity contribution in [1.82, 2.24) is 41.2 Å². The second-order valence-corrected chi connectivity index (χ2v) is 9.59. The topological polar surface area (TPSA) is 111 Å². The fraction of sp³-hybridized carbons (Fsp3) is 0.267. The lowest BCUT2D eigenvalue weighted by atomic mass is 9.97. The quantitative estimate of drug-likeness (QED) is 0.102. The van der Waals surface area contributed by atoms with E-state index in [0.717, 1.165) is 52.4 Å². The van der Waals surface area contributed by atoms with E-state index in [2.05, 4.69) is 77.6 Å². The summed E-state index contributed by atoms with van der Waals surface area (Å²) in [6, 6.07) is 21.3. The van der Waals surface area contributed by atoms with E-state index in [1.165, 1.54) is 45.0 Å². The van der Waals surface area contributed by atoms with Crippen molar-refractivity contribution in [3.05, 3.63) is 130 Å². The molecule has 0 amide bonds. The van der Waals surface area contributed by atoms with E-state index in [0.29, 0.717) is 0 Å². The van der Waals surface area contributed by atoms with Crippen molar-refractivity contribution in [2.24, 2.45) is 0 Å². The monoisotopic (exact) mass is 510 g/mol. The van der Waals surface area contributed by atoms with Crippen LogP contribution in [-0.2, 0) is 52.4 Å². The van der Waals surface area contributed by atoms with Crippen LogP contribution in [0.3, 0.4) is 0 Å². The Morgan fingerprint density at radius 1 is 0.368 bits per heavy atom. The van der Waals surface area contributed by atoms with Crippen LogP contribution in [0.2, 0.25) is 0 Å². The Kier molecular flexibility index (Phi) is 9.27. The van der Waals surface area contributed by atoms with Gasteiger partial charge in [-0.2, -0.15) is 0 Å². The highest BCUT2D eigenvalue weighted by Gasteiger charge is 2.11. The lowest BCUT2D eigenvalue weighted by Crippen LogP contribution is -2.22. The molecule has 0 saturated carbocycles. The molecule has 0 spiro atoms. The van der Waals surface area contributed by atoms with Crippen molar-refractivity contribution in [3.8, 4) is 0 Å². The van der Waals surface area contributed by atoms with Gasteiger partial charge in [-0.05, 0) is 70.8 Å². The fourth-order valence-corrected chi connectivity index (χ4v) is 4.69. The van der Waals surface area contributed by atoms with E-state index in [9.17, 15) is 0 Å². The Balaban J connectivity index is 1.32. The predicted octanol–water partition coefficient (Wildman–Crippen LogP) is 4.16. The first-order valence-corrected chi connectivity index (χ1v) is 13.3. The number of hydrogen-bond acceptors (Lipinski definition) is 4. The summed E-state index contributed by atoms with van der Waals surface area (Å²) in [6.45, 7) is 6.45. The zero-order valence-corrected chi connectivity index (χ0v) is 21.7. The van der Waals surface area contributed by atoms with E-state index in [1.807, 2.05) is 49.1 Å². The normalized spacial score (nSPS) is 11.4. The molecule has 0 bridgehead atoms. The number of hydrogen-bond donors (Lipinski definition) is 8. The van der Waals surface area contributed by atoms with Gasteiger partial charge in [0.25, 0.3) is 0 Å². The van der Waals surface area contributed by atoms with Crippen molar-refractivity contribution < 1.29 is 0 Å². The zero-order valence-electron chi connectivity index (χ0n) is 21.7. The molecule has 0 atom stereocenters. The molecule has 4 heterocycles. The minimum Gasteiger partial charge on any atom is -0.364 e. The van der Waals surface area contributed by atoms with Crippen LogP contribution in [0, 0.1) is 0 Å². The summed E-state index contributed by atoms with van der Waals surface area (Å²) in [6.07, 6.45) is 7.87. The second kappa shape index (κ2) is 13.6. The highest BCUT2D eigenvalue weighted by atomic mass is 14.9. The van der Waals surface area contributed by atoms with E-state index < -0.39 is 0 Å². The third-order valence-corrected chi connectivity index (χ3v) is 6.69. The molecule has 1 aromatic carbocycles. The van der Waals surface area contributed by atoms with E-state index >= 15 is 0 Å². The smallest absolute Gasteiger partial charge is 0.0360 e. The fourth-order valence-electron chi connectivity index (χ4n) is 4.69. The van der Waals surface area contributed by atoms with Crippen molar-refractivity contribution in [3.63, 3.8) is 0 Å². The van der Waals surface area contributed by atoms with Crippen molar-refractivity contribution in [2.75, 3.05) is 0 Å². The lowest BCUT2D eigenvalue weighted by Gasteiger charge is -2.19. The number of nitrogens with one attached hydrogen (secondary N) is 8. The maximum atomic E-state index is 3.62. The Bertz CT molecular complexity index is 1100. The first-order valence-electron chi connectivity index (χ1n) is 13.3. The van der Waals surface area contributed by atoms with E-state index in [4.69, 9.17) is 0 Å². The van der Waals surface area contributed by atoms with Gasteiger partial charge in [0.05, 0.1) is 0 Å². The molecule has 38 heavy (non-hydrogen) atoms. The molecule has 0 saturated heterocycles. The molecular formula is C30H38N8. The maximum Gasteiger partial charge on any atom is 0.0360 e. The van der Waals surface area contributed by atoms with Gasteiger partial charge in [0.15, 0.2) is 0 Å². The van der Waals surface area contributed by atoms with E-state index in [1.54, 1.807) is 0 Å². The minimum absolute atomic E-state index is 0.804. The van der Waals surface area contributed by atoms with Crippen LogP contribution in [0.15, 0.2) is 85.5 Å². The number of H-pyrrole nitrogens is 4. The van der Waals surface area contributed by atoms with Gasteiger partial charge in [-0.15, -0.1) is 0 Å². The highest BCUT2D eigenvalue weighted by Crippen LogP contribution is 2.19. The molecule has 0 radical (unpaired) electrons. The molecule has 5 aromatic rings. The number of aromatic nitrogens is 4. The van der Waals surface area contributed by atoms with Gasteiger partial charge in [-0.25, -0.2) is 0 Å². The number of aromatic amines is 4. The largest absolute Gasteiger partial charge is 0.364 e. The molecule has 0 aliphatic rings. The molecule has 8 nitrogen and oxygen atoms in total. The maximum absolute atomic E-state index is 3.62. The van der Waals surface area contributed by atoms with E-state index in [-0.39, 0.29) is 0 Å². The zero-order chi connectivity index (χ0) is 25.8. The molecule has 198 valence electrons. The Hall–Kier alpha value is -3.82. The molecule has 0 aliphatic heterocycles. The molecular weight excluding hydrogens is 472 g/mol. The third-order valence-electron chi connectivity index (χ3n) is 6.69. The second-order valence-electron chi connectivity index (χ2n) is 9.59. The first-order chi connectivity index (χ1) is 18.8. The van der Waals surface area contributed by atoms with Gasteiger partial charge < -0.3 is 41.2 Å². The van der Waals surface area contributed by atoms with Crippen molar-refractivity contribution in [1.29, 1.82) is 0 Å². The van der Waals surface area contributed by atoms with Gasteiger partial charge >= 0.3 is 0 Å². The standard InChI is InChI=1S/C30H38N8/c1-5-27(35-9-1)19-31-15-23-13-25(17-33-21-29-7-3-11-37-29)26(18-34-22-30-8-4-12-38-30)14-24(23)16-32-20-28-6-2-10-36-28/h1-14,31-38H,15-22H2. The Labute approximate surface area is 224 Å². The van der Waals surface area contributed by atoms with Crippen LogP contribution in [-0.4, -0.2) is 19.9 Å². The summed E-state index contributed by atoms with van der Waals surface area (Å²) in [5.41, 5.74) is 10.0. The minimum atomic E-state index is 0.804. The van der Waals surface area contributed by atoms with Gasteiger partial charge in [-0.3, -0.25) is 0 Å². The molecule has 0 unspecified atom stereocenters. The summed E-state index contributed by atoms with van der Waals surface area (Å²) in [5.74, 6) is 0. The summed E-state index contributed by atoms with van der Waals surface area (Å²) >= 11 is 0. The molecule has 8 N–H and O–H groups in total. The number of rotatable bonds is 16. The third kappa shape index (κ3) is 7.60. The van der Waals surface area contributed by atoms with Crippen LogP contribution >= 0.6 is 0 Å². The first kappa shape index (κ1) is 25.8. The molecule has 5 rings (SSSR count). The van der Waals surface area contributed by atoms with Crippen molar-refractivity contribution in [2.45, 2.75) is 52.4 Å². The summed E-state index contributed by atoms with van der Waals surface area (Å²) in [4.78, 5) is 13.1. The van der Waals surface area contributed by atoms with Crippen LogP contribution < -0.4 is 21.3 Å². The summed E-state index contributed by atoms with van der Waals surface area (Å²) in [5, 5.41) is 14.5. The molecule has 0 fully saturated rings. The molecule has 4 aromatic heterocycles. The van der Waals surface area contributed by atoms with Gasteiger partial charge in [0, 0.05) is 99.9 Å². The summed E-state index contributed by atoms with van der Waals surface area (Å²) in [7, 11) is 0. The highest BCUT2D eigenvalue weighted by molar-refractivity contribution is 5.39. The predicted molar refractivity (Wildman–Crippen MR) is 152 cm³/mol. The van der Waals surface area contributed by atoms with Crippen LogP contribution in [0.25, 0.3) is 0 Å².